The highest BCUT2D eigenvalue weighted by atomic mass is 32.2. The molecule has 1 aromatic heterocycles. The van der Waals surface area contributed by atoms with Crippen molar-refractivity contribution in [3.05, 3.63) is 40.8 Å². The fourth-order valence-corrected chi connectivity index (χ4v) is 8.01. The van der Waals surface area contributed by atoms with Crippen molar-refractivity contribution in [3.63, 3.8) is 0 Å². The van der Waals surface area contributed by atoms with Crippen LogP contribution in [0.4, 0.5) is 4.79 Å². The minimum Gasteiger partial charge on any atom is -0.469 e. The van der Waals surface area contributed by atoms with Gasteiger partial charge < -0.3 is 25.1 Å². The molecular weight excluding hydrogens is 602 g/mol. The van der Waals surface area contributed by atoms with Crippen molar-refractivity contribution < 1.29 is 23.5 Å². The Bertz CT molecular complexity index is 1440. The summed E-state index contributed by atoms with van der Waals surface area (Å²) in [6, 6.07) is 6.55. The average Bonchev–Trinajstić information content (AvgIpc) is 3.72. The highest BCUT2D eigenvalue weighted by Crippen LogP contribution is 2.33. The minimum atomic E-state index is -0.111. The van der Waals surface area contributed by atoms with Crippen molar-refractivity contribution in [1.82, 2.24) is 25.8 Å². The number of aromatic nitrogens is 1. The normalized spacial score (nSPS) is 21.2. The highest BCUT2D eigenvalue weighted by Gasteiger charge is 2.42. The van der Waals surface area contributed by atoms with Gasteiger partial charge in [0.15, 0.2) is 0 Å². The van der Waals surface area contributed by atoms with Crippen LogP contribution < -0.4 is 16.0 Å². The van der Waals surface area contributed by atoms with E-state index in [0.717, 1.165) is 98.4 Å². The lowest BCUT2D eigenvalue weighted by molar-refractivity contribution is -0.147. The molecule has 3 atom stereocenters. The molecule has 3 aliphatic rings. The number of amides is 3. The van der Waals surface area contributed by atoms with Gasteiger partial charge in [-0.25, -0.2) is 9.78 Å². The quantitative estimate of drug-likeness (QED) is 0.123. The van der Waals surface area contributed by atoms with Crippen LogP contribution in [0.5, 0.6) is 0 Å². The lowest BCUT2D eigenvalue weighted by atomic mass is 9.97. The first-order valence-electron chi connectivity index (χ1n) is 16.6. The predicted octanol–water partition coefficient (Wildman–Crippen LogP) is 4.71. The number of aryl methyl sites for hydroxylation is 2. The Hall–Kier alpha value is -3.49. The number of rotatable bonds is 13. The second-order valence-corrected chi connectivity index (χ2v) is 13.9. The number of oxazole rings is 1. The van der Waals surface area contributed by atoms with Gasteiger partial charge in [0.1, 0.15) is 5.76 Å². The number of thioether (sulfide) groups is 1. The number of piperidine rings is 1. The molecule has 3 N–H and O–H groups in total. The number of nitrogens with one attached hydrogen (secondary N) is 3. The van der Waals surface area contributed by atoms with Crippen molar-refractivity contribution in [1.29, 1.82) is 0 Å². The fourth-order valence-electron chi connectivity index (χ4n) is 6.47. The zero-order valence-electron chi connectivity index (χ0n) is 27.3. The number of carbonyl (C=O) groups excluding carboxylic acids is 3. The van der Waals surface area contributed by atoms with Crippen LogP contribution in [-0.4, -0.2) is 77.6 Å². The van der Waals surface area contributed by atoms with Crippen LogP contribution in [0.1, 0.15) is 80.4 Å². The molecule has 0 aliphatic carbocycles. The molecule has 3 fully saturated rings. The molecule has 1 aromatic carbocycles. The summed E-state index contributed by atoms with van der Waals surface area (Å²) in [5.41, 5.74) is 3.92. The van der Waals surface area contributed by atoms with Crippen LogP contribution in [0.15, 0.2) is 22.6 Å². The zero-order valence-corrected chi connectivity index (χ0v) is 28.1. The number of unbranched alkanes of at least 4 members (excludes halogenated alkanes) is 3. The molecule has 3 amide bonds. The van der Waals surface area contributed by atoms with E-state index in [1.54, 1.807) is 0 Å². The first-order valence-corrected chi connectivity index (χ1v) is 17.7. The molecular formula is C35H47N5O5S. The maximum atomic E-state index is 12.2. The summed E-state index contributed by atoms with van der Waals surface area (Å²) in [5.74, 6) is 8.94. The minimum absolute atomic E-state index is 0.00805. The molecule has 11 heteroatoms. The number of carbonyl (C=O) groups is 3. The number of likely N-dealkylation sites (tertiary alicyclic amines) is 1. The van der Waals surface area contributed by atoms with Gasteiger partial charge >= 0.3 is 12.0 Å². The zero-order chi connectivity index (χ0) is 32.5. The molecule has 46 heavy (non-hydrogen) atoms. The Morgan fingerprint density at radius 2 is 1.98 bits per heavy atom. The summed E-state index contributed by atoms with van der Waals surface area (Å²) in [6.45, 7) is 7.07. The summed E-state index contributed by atoms with van der Waals surface area (Å²) in [5, 5.41) is 9.48. The van der Waals surface area contributed by atoms with E-state index >= 15 is 0 Å². The Kier molecular flexibility index (Phi) is 12.0. The molecule has 3 saturated heterocycles. The monoisotopic (exact) mass is 649 g/mol. The van der Waals surface area contributed by atoms with E-state index in [9.17, 15) is 14.4 Å². The number of benzene rings is 1. The van der Waals surface area contributed by atoms with Gasteiger partial charge in [0.05, 0.1) is 30.8 Å². The number of fused-ring (bicyclic) bond motifs is 1. The van der Waals surface area contributed by atoms with Gasteiger partial charge in [-0.3, -0.25) is 14.5 Å². The van der Waals surface area contributed by atoms with E-state index in [-0.39, 0.29) is 35.9 Å². The number of esters is 1. The molecule has 0 unspecified atom stereocenters. The maximum Gasteiger partial charge on any atom is 0.315 e. The van der Waals surface area contributed by atoms with E-state index < -0.39 is 0 Å². The van der Waals surface area contributed by atoms with Gasteiger partial charge in [-0.2, -0.15) is 11.8 Å². The van der Waals surface area contributed by atoms with Crippen molar-refractivity contribution in [2.45, 2.75) is 95.5 Å². The molecule has 3 aliphatic heterocycles. The van der Waals surface area contributed by atoms with Crippen molar-refractivity contribution >= 4 is 29.7 Å². The Morgan fingerprint density at radius 3 is 2.76 bits per heavy atom. The van der Waals surface area contributed by atoms with E-state index in [0.29, 0.717) is 30.7 Å². The molecule has 0 radical (unpaired) electrons. The number of ether oxygens (including phenoxy) is 1. The maximum absolute atomic E-state index is 12.2. The number of methoxy groups -OCH3 is 1. The lowest BCUT2D eigenvalue weighted by Crippen LogP contribution is -2.36. The van der Waals surface area contributed by atoms with Crippen LogP contribution in [0.25, 0.3) is 11.5 Å². The van der Waals surface area contributed by atoms with Crippen LogP contribution in [-0.2, 0) is 20.9 Å². The van der Waals surface area contributed by atoms with Gasteiger partial charge in [-0.15, -0.1) is 0 Å². The molecule has 4 heterocycles. The van der Waals surface area contributed by atoms with E-state index in [1.165, 1.54) is 7.11 Å². The molecule has 248 valence electrons. The summed E-state index contributed by atoms with van der Waals surface area (Å²) < 4.78 is 11.0. The molecule has 0 spiro atoms. The molecule has 5 rings (SSSR count). The Morgan fingerprint density at radius 1 is 1.15 bits per heavy atom. The fraction of sp³-hybridized carbons (Fsp3) is 0.600. The third kappa shape index (κ3) is 9.07. The molecule has 0 bridgehead atoms. The van der Waals surface area contributed by atoms with Gasteiger partial charge in [0.2, 0.25) is 11.8 Å². The van der Waals surface area contributed by atoms with Gasteiger partial charge in [-0.05, 0) is 89.2 Å². The summed E-state index contributed by atoms with van der Waals surface area (Å²) in [6.07, 6.45) is 7.69. The second-order valence-electron chi connectivity index (χ2n) is 12.6. The van der Waals surface area contributed by atoms with Crippen LogP contribution >= 0.6 is 11.8 Å². The summed E-state index contributed by atoms with van der Waals surface area (Å²) >= 11 is 1.92. The van der Waals surface area contributed by atoms with Gasteiger partial charge in [-0.1, -0.05) is 18.3 Å². The summed E-state index contributed by atoms with van der Waals surface area (Å²) in [7, 11) is 1.45. The van der Waals surface area contributed by atoms with E-state index in [2.05, 4.69) is 45.7 Å². The van der Waals surface area contributed by atoms with Crippen molar-refractivity contribution in [2.75, 3.05) is 32.5 Å². The van der Waals surface area contributed by atoms with Gasteiger partial charge in [0, 0.05) is 48.1 Å². The lowest BCUT2D eigenvalue weighted by Gasteiger charge is -2.29. The predicted molar refractivity (Wildman–Crippen MR) is 179 cm³/mol. The number of hydrogen-bond acceptors (Lipinski definition) is 8. The average molecular weight is 650 g/mol. The Balaban J connectivity index is 0.965. The number of nitrogens with zero attached hydrogens (tertiary/aromatic N) is 2. The highest BCUT2D eigenvalue weighted by molar-refractivity contribution is 8.00. The third-order valence-electron chi connectivity index (χ3n) is 9.21. The first kappa shape index (κ1) is 33.9. The van der Waals surface area contributed by atoms with E-state index in [1.807, 2.05) is 30.8 Å². The van der Waals surface area contributed by atoms with E-state index in [4.69, 9.17) is 14.1 Å². The summed E-state index contributed by atoms with van der Waals surface area (Å²) in [4.78, 5) is 42.7. The molecule has 2 aromatic rings. The van der Waals surface area contributed by atoms with Gasteiger partial charge in [0.25, 0.3) is 0 Å². The van der Waals surface area contributed by atoms with Crippen LogP contribution in [0.3, 0.4) is 0 Å². The third-order valence-corrected chi connectivity index (χ3v) is 10.7. The molecule has 10 nitrogen and oxygen atoms in total. The van der Waals surface area contributed by atoms with Crippen molar-refractivity contribution in [3.8, 4) is 23.3 Å². The molecule has 0 saturated carbocycles. The van der Waals surface area contributed by atoms with Crippen LogP contribution in [0, 0.1) is 31.6 Å². The smallest absolute Gasteiger partial charge is 0.315 e. The van der Waals surface area contributed by atoms with Crippen LogP contribution in [0.2, 0.25) is 0 Å². The number of hydrogen-bond donors (Lipinski definition) is 3. The topological polar surface area (TPSA) is 126 Å². The number of urea groups is 1. The SMILES string of the molecule is COC(=O)C1CCN(Cc2nc(-c3ccc(C#CCCCCNC(=O)CCCC[C@H]4SC[C@H]5NC(=O)N[C@H]54)cc3C)oc2C)CC1. The second kappa shape index (κ2) is 16.4. The first-order chi connectivity index (χ1) is 22.3. The standard InChI is InChI=1S/C35H47N5O5S/c1-23-20-25(13-14-27(23)33-37-28(24(2)45-33)21-40-18-15-26(16-19-40)34(42)44-3)10-6-4-5-9-17-36-31(41)12-8-7-11-30-32-29(22-46-30)38-35(43)39-32/h13-14,20,26,29-30,32H,4-5,7-9,11-12,15-19,21-22H2,1-3H3,(H,36,41)(H2,38,39,43)/t29-,30-,32-/m1/s1. The Labute approximate surface area is 276 Å². The van der Waals surface area contributed by atoms with Crippen molar-refractivity contribution in [2.24, 2.45) is 5.92 Å². The largest absolute Gasteiger partial charge is 0.469 e.